The molecule has 1 aromatic heterocycles. The number of benzene rings is 1. The number of halogens is 1. The highest BCUT2D eigenvalue weighted by Gasteiger charge is 2.51. The van der Waals surface area contributed by atoms with Gasteiger partial charge in [0.15, 0.2) is 0 Å². The zero-order valence-corrected chi connectivity index (χ0v) is 16.3. The number of ether oxygens (including phenoxy) is 2. The summed E-state index contributed by atoms with van der Waals surface area (Å²) in [5.74, 6) is 0. The lowest BCUT2D eigenvalue weighted by atomic mass is 10.0. The van der Waals surface area contributed by atoms with Gasteiger partial charge in [-0.2, -0.15) is 0 Å². The van der Waals surface area contributed by atoms with Crippen molar-refractivity contribution >= 4 is 6.09 Å². The Morgan fingerprint density at radius 3 is 2.48 bits per heavy atom. The Labute approximate surface area is 158 Å². The van der Waals surface area contributed by atoms with Gasteiger partial charge in [0.2, 0.25) is 0 Å². The SMILES string of the molecule is CC(C)(C)OC(=O)N1[C@H](CF)[C@@H](c2ccc(-n3ccnc3)cc2)OC1(C)C. The smallest absolute Gasteiger partial charge is 0.413 e. The number of hydrogen-bond acceptors (Lipinski definition) is 4. The first-order valence-electron chi connectivity index (χ1n) is 8.97. The molecule has 0 N–H and O–H groups in total. The minimum absolute atomic E-state index is 0.575. The Morgan fingerprint density at radius 1 is 1.30 bits per heavy atom. The topological polar surface area (TPSA) is 56.6 Å². The fourth-order valence-electron chi connectivity index (χ4n) is 3.34. The second-order valence-electron chi connectivity index (χ2n) is 8.12. The van der Waals surface area contributed by atoms with Crippen molar-refractivity contribution < 1.29 is 18.7 Å². The van der Waals surface area contributed by atoms with Crippen molar-refractivity contribution in [2.75, 3.05) is 6.67 Å². The van der Waals surface area contributed by atoms with E-state index in [0.717, 1.165) is 11.3 Å². The zero-order valence-electron chi connectivity index (χ0n) is 16.3. The number of nitrogens with zero attached hydrogens (tertiary/aromatic N) is 3. The minimum Gasteiger partial charge on any atom is -0.444 e. The van der Waals surface area contributed by atoms with Crippen LogP contribution >= 0.6 is 0 Å². The molecular weight excluding hydrogens is 349 g/mol. The average molecular weight is 375 g/mol. The Balaban J connectivity index is 1.87. The predicted octanol–water partition coefficient (Wildman–Crippen LogP) is 4.25. The van der Waals surface area contributed by atoms with E-state index in [-0.39, 0.29) is 0 Å². The summed E-state index contributed by atoms with van der Waals surface area (Å²) in [6, 6.07) is 6.85. The largest absolute Gasteiger partial charge is 0.444 e. The molecule has 0 aliphatic carbocycles. The van der Waals surface area contributed by atoms with Gasteiger partial charge in [-0.25, -0.2) is 14.2 Å². The molecule has 1 fully saturated rings. The standard InChI is InChI=1S/C20H26FN3O3/c1-19(2,3)27-18(25)24-16(12-21)17(26-20(24,4)5)14-6-8-15(9-7-14)23-11-10-22-13-23/h6-11,13,16-17H,12H2,1-5H3/t16-,17-/m1/s1. The Kier molecular flexibility index (Phi) is 4.99. The lowest BCUT2D eigenvalue weighted by Gasteiger charge is -2.34. The monoisotopic (exact) mass is 375 g/mol. The molecule has 3 rings (SSSR count). The van der Waals surface area contributed by atoms with Gasteiger partial charge in [-0.15, -0.1) is 0 Å². The molecule has 0 unspecified atom stereocenters. The van der Waals surface area contributed by atoms with Crippen LogP contribution in [-0.2, 0) is 9.47 Å². The molecular formula is C20H26FN3O3. The number of imidazole rings is 1. The van der Waals surface area contributed by atoms with Gasteiger partial charge in [0.05, 0.1) is 12.4 Å². The highest BCUT2D eigenvalue weighted by Crippen LogP contribution is 2.42. The van der Waals surface area contributed by atoms with Gasteiger partial charge < -0.3 is 14.0 Å². The van der Waals surface area contributed by atoms with E-state index in [4.69, 9.17) is 9.47 Å². The number of carbonyl (C=O) groups is 1. The molecule has 0 radical (unpaired) electrons. The lowest BCUT2D eigenvalue weighted by molar-refractivity contribution is -0.0797. The summed E-state index contributed by atoms with van der Waals surface area (Å²) >= 11 is 0. The highest BCUT2D eigenvalue weighted by molar-refractivity contribution is 5.70. The fourth-order valence-corrected chi connectivity index (χ4v) is 3.34. The molecule has 1 aliphatic heterocycles. The average Bonchev–Trinajstić information content (AvgIpc) is 3.18. The number of alkyl halides is 1. The molecule has 1 aliphatic rings. The highest BCUT2D eigenvalue weighted by atomic mass is 19.1. The summed E-state index contributed by atoms with van der Waals surface area (Å²) in [7, 11) is 0. The van der Waals surface area contributed by atoms with Gasteiger partial charge in [0.25, 0.3) is 0 Å². The van der Waals surface area contributed by atoms with Crippen LogP contribution in [0.15, 0.2) is 43.0 Å². The molecule has 2 heterocycles. The first-order chi connectivity index (χ1) is 12.6. The van der Waals surface area contributed by atoms with E-state index in [0.29, 0.717) is 0 Å². The zero-order chi connectivity index (χ0) is 19.8. The number of hydrogen-bond donors (Lipinski definition) is 0. The molecule has 7 heteroatoms. The molecule has 2 aromatic rings. The van der Waals surface area contributed by atoms with E-state index in [9.17, 15) is 9.18 Å². The van der Waals surface area contributed by atoms with Crippen LogP contribution in [0.3, 0.4) is 0 Å². The first-order valence-corrected chi connectivity index (χ1v) is 8.97. The molecule has 0 bridgehead atoms. The Hall–Kier alpha value is -2.41. The third-order valence-electron chi connectivity index (χ3n) is 4.45. The van der Waals surface area contributed by atoms with Crippen LogP contribution in [0, 0.1) is 0 Å². The van der Waals surface area contributed by atoms with Crippen molar-refractivity contribution in [3.05, 3.63) is 48.5 Å². The second-order valence-corrected chi connectivity index (χ2v) is 8.12. The van der Waals surface area contributed by atoms with E-state index < -0.39 is 36.2 Å². The maximum Gasteiger partial charge on any atom is 0.413 e. The van der Waals surface area contributed by atoms with Gasteiger partial charge >= 0.3 is 6.09 Å². The molecule has 1 saturated heterocycles. The van der Waals surface area contributed by atoms with Gasteiger partial charge in [-0.1, -0.05) is 12.1 Å². The summed E-state index contributed by atoms with van der Waals surface area (Å²) in [6.45, 7) is 8.12. The van der Waals surface area contributed by atoms with Gasteiger partial charge in [-0.3, -0.25) is 4.90 Å². The Bertz CT molecular complexity index is 782. The fraction of sp³-hybridized carbons (Fsp3) is 0.500. The van der Waals surface area contributed by atoms with E-state index in [1.807, 2.05) is 35.0 Å². The first kappa shape index (κ1) is 19.4. The van der Waals surface area contributed by atoms with E-state index >= 15 is 0 Å². The van der Waals surface area contributed by atoms with Gasteiger partial charge in [0.1, 0.15) is 24.1 Å². The van der Waals surface area contributed by atoms with Crippen molar-refractivity contribution in [2.45, 2.75) is 58.1 Å². The molecule has 2 atom stereocenters. The molecule has 146 valence electrons. The summed E-state index contributed by atoms with van der Waals surface area (Å²) in [5.41, 5.74) is 0.0978. The van der Waals surface area contributed by atoms with Crippen LogP contribution in [0.5, 0.6) is 0 Å². The molecule has 6 nitrogen and oxygen atoms in total. The third kappa shape index (κ3) is 3.98. The Morgan fingerprint density at radius 2 is 1.96 bits per heavy atom. The maximum absolute atomic E-state index is 14.0. The number of amides is 1. The summed E-state index contributed by atoms with van der Waals surface area (Å²) in [6.07, 6.45) is 4.11. The van der Waals surface area contributed by atoms with Gasteiger partial charge in [-0.05, 0) is 52.3 Å². The minimum atomic E-state index is -0.979. The summed E-state index contributed by atoms with van der Waals surface area (Å²) in [4.78, 5) is 18.1. The van der Waals surface area contributed by atoms with Crippen molar-refractivity contribution in [3.8, 4) is 5.69 Å². The van der Waals surface area contributed by atoms with Crippen LogP contribution in [0.1, 0.15) is 46.3 Å². The summed E-state index contributed by atoms with van der Waals surface area (Å²) in [5, 5.41) is 0. The molecule has 0 saturated carbocycles. The van der Waals surface area contributed by atoms with Crippen molar-refractivity contribution in [3.63, 3.8) is 0 Å². The van der Waals surface area contributed by atoms with E-state index in [2.05, 4.69) is 4.98 Å². The molecule has 1 amide bonds. The summed E-state index contributed by atoms with van der Waals surface area (Å²) < 4.78 is 27.4. The predicted molar refractivity (Wildman–Crippen MR) is 99.3 cm³/mol. The van der Waals surface area contributed by atoms with Crippen molar-refractivity contribution in [2.24, 2.45) is 0 Å². The van der Waals surface area contributed by atoms with Crippen LogP contribution in [-0.4, -0.2) is 44.6 Å². The van der Waals surface area contributed by atoms with Crippen LogP contribution < -0.4 is 0 Å². The van der Waals surface area contributed by atoms with E-state index in [1.165, 1.54) is 4.90 Å². The number of carbonyl (C=O) groups excluding carboxylic acids is 1. The van der Waals surface area contributed by atoms with Crippen LogP contribution in [0.25, 0.3) is 5.69 Å². The molecule has 1 aromatic carbocycles. The maximum atomic E-state index is 14.0. The quantitative estimate of drug-likeness (QED) is 0.805. The number of rotatable bonds is 3. The third-order valence-corrected chi connectivity index (χ3v) is 4.45. The van der Waals surface area contributed by atoms with Crippen LogP contribution in [0.2, 0.25) is 0 Å². The lowest BCUT2D eigenvalue weighted by Crippen LogP contribution is -2.50. The second kappa shape index (κ2) is 6.96. The van der Waals surface area contributed by atoms with Crippen molar-refractivity contribution in [1.82, 2.24) is 14.5 Å². The van der Waals surface area contributed by atoms with Gasteiger partial charge in [0, 0.05) is 18.1 Å². The molecule has 0 spiro atoms. The van der Waals surface area contributed by atoms with E-state index in [1.54, 1.807) is 47.1 Å². The van der Waals surface area contributed by atoms with Crippen LogP contribution in [0.4, 0.5) is 9.18 Å². The van der Waals surface area contributed by atoms with Crippen molar-refractivity contribution in [1.29, 1.82) is 0 Å². The number of aromatic nitrogens is 2. The molecule has 27 heavy (non-hydrogen) atoms. The normalized spacial score (nSPS) is 22.1.